The van der Waals surface area contributed by atoms with Gasteiger partial charge >= 0.3 is 12.0 Å². The summed E-state index contributed by atoms with van der Waals surface area (Å²) in [6, 6.07) is -0.434. The number of nitrogens with one attached hydrogen (secondary N) is 1. The fraction of sp³-hybridized carbons (Fsp3) is 0.667. The molecule has 3 amide bonds. The lowest BCUT2D eigenvalue weighted by atomic mass is 10.4. The fourth-order valence-corrected chi connectivity index (χ4v) is 1.29. The van der Waals surface area contributed by atoms with Gasteiger partial charge in [-0.15, -0.1) is 0 Å². The van der Waals surface area contributed by atoms with Gasteiger partial charge in [0.05, 0.1) is 0 Å². The fourth-order valence-electron chi connectivity index (χ4n) is 1.29. The van der Waals surface area contributed by atoms with E-state index in [0.29, 0.717) is 0 Å². The number of carbonyl (C=O) groups excluding carboxylic acids is 2. The van der Waals surface area contributed by atoms with E-state index in [0.717, 1.165) is 12.8 Å². The molecular weight excluding hydrogens is 214 g/mol. The predicted molar refractivity (Wildman–Crippen MR) is 54.6 cm³/mol. The maximum atomic E-state index is 11.5. The summed E-state index contributed by atoms with van der Waals surface area (Å²) < 4.78 is 0. The summed E-state index contributed by atoms with van der Waals surface area (Å²) in [5, 5.41) is 11.1. The van der Waals surface area contributed by atoms with E-state index in [1.165, 1.54) is 4.90 Å². The van der Waals surface area contributed by atoms with Crippen molar-refractivity contribution in [3.05, 3.63) is 0 Å². The first kappa shape index (κ1) is 12.3. The minimum Gasteiger partial charge on any atom is -0.480 e. The summed E-state index contributed by atoms with van der Waals surface area (Å²) >= 11 is 0. The van der Waals surface area contributed by atoms with Crippen molar-refractivity contribution in [2.75, 3.05) is 13.1 Å². The molecule has 0 heterocycles. The van der Waals surface area contributed by atoms with Crippen LogP contribution in [-0.2, 0) is 9.59 Å². The van der Waals surface area contributed by atoms with Gasteiger partial charge in [-0.1, -0.05) is 0 Å². The maximum Gasteiger partial charge on any atom is 0.323 e. The van der Waals surface area contributed by atoms with Crippen LogP contribution in [0, 0.1) is 0 Å². The molecule has 1 saturated carbocycles. The molecule has 0 saturated heterocycles. The highest BCUT2D eigenvalue weighted by atomic mass is 16.4. The predicted octanol–water partition coefficient (Wildman–Crippen LogP) is -0.880. The number of amides is 3. The van der Waals surface area contributed by atoms with Crippen LogP contribution >= 0.6 is 0 Å². The van der Waals surface area contributed by atoms with Gasteiger partial charge in [-0.25, -0.2) is 4.79 Å². The molecule has 90 valence electrons. The van der Waals surface area contributed by atoms with Crippen LogP contribution in [0.2, 0.25) is 0 Å². The Kier molecular flexibility index (Phi) is 4.10. The number of carbonyl (C=O) groups is 3. The highest BCUT2D eigenvalue weighted by Gasteiger charge is 2.33. The standard InChI is InChI=1S/C9H15N3O4/c10-7(13)3-4-11-9(16)12(5-8(14)15)6-1-2-6/h6H,1-5H2,(H2,10,13)(H,11,16)(H,14,15). The van der Waals surface area contributed by atoms with E-state index >= 15 is 0 Å². The maximum absolute atomic E-state index is 11.5. The number of rotatable bonds is 6. The molecule has 1 aliphatic carbocycles. The number of primary amides is 1. The minimum absolute atomic E-state index is 0.0182. The average molecular weight is 229 g/mol. The van der Waals surface area contributed by atoms with Crippen LogP contribution in [0.5, 0.6) is 0 Å². The first-order valence-electron chi connectivity index (χ1n) is 5.05. The highest BCUT2D eigenvalue weighted by Crippen LogP contribution is 2.26. The van der Waals surface area contributed by atoms with Gasteiger partial charge in [0.25, 0.3) is 0 Å². The number of aliphatic carboxylic acids is 1. The number of nitrogens with zero attached hydrogens (tertiary/aromatic N) is 1. The molecule has 7 nitrogen and oxygen atoms in total. The molecule has 4 N–H and O–H groups in total. The molecule has 0 unspecified atom stereocenters. The molecule has 1 aliphatic rings. The van der Waals surface area contributed by atoms with E-state index in [-0.39, 0.29) is 25.6 Å². The summed E-state index contributed by atoms with van der Waals surface area (Å²) in [5.41, 5.74) is 4.91. The summed E-state index contributed by atoms with van der Waals surface area (Å²) in [7, 11) is 0. The summed E-state index contributed by atoms with van der Waals surface area (Å²) in [6.07, 6.45) is 1.71. The van der Waals surface area contributed by atoms with Crippen LogP contribution in [0.15, 0.2) is 0 Å². The Bertz CT molecular complexity index is 301. The van der Waals surface area contributed by atoms with Crippen molar-refractivity contribution in [3.63, 3.8) is 0 Å². The van der Waals surface area contributed by atoms with E-state index < -0.39 is 17.9 Å². The van der Waals surface area contributed by atoms with Crippen LogP contribution in [0.3, 0.4) is 0 Å². The topological polar surface area (TPSA) is 113 Å². The Morgan fingerprint density at radius 3 is 2.44 bits per heavy atom. The Balaban J connectivity index is 2.35. The van der Waals surface area contributed by atoms with E-state index in [1.807, 2.05) is 0 Å². The van der Waals surface area contributed by atoms with Gasteiger partial charge < -0.3 is 21.1 Å². The minimum atomic E-state index is -1.04. The Labute approximate surface area is 92.6 Å². The Hall–Kier alpha value is -1.79. The van der Waals surface area contributed by atoms with Crippen molar-refractivity contribution in [1.82, 2.24) is 10.2 Å². The van der Waals surface area contributed by atoms with Crippen molar-refractivity contribution in [3.8, 4) is 0 Å². The largest absolute Gasteiger partial charge is 0.480 e. The molecule has 0 radical (unpaired) electrons. The molecule has 0 spiro atoms. The zero-order chi connectivity index (χ0) is 12.1. The molecule has 0 bridgehead atoms. The average Bonchev–Trinajstić information content (AvgIpc) is 2.96. The first-order chi connectivity index (χ1) is 7.50. The summed E-state index contributed by atoms with van der Waals surface area (Å²) in [5.74, 6) is -1.55. The SMILES string of the molecule is NC(=O)CCNC(=O)N(CC(=O)O)C1CC1. The zero-order valence-electron chi connectivity index (χ0n) is 8.81. The van der Waals surface area contributed by atoms with E-state index in [1.54, 1.807) is 0 Å². The monoisotopic (exact) mass is 229 g/mol. The summed E-state index contributed by atoms with van der Waals surface area (Å²) in [6.45, 7) is -0.177. The van der Waals surface area contributed by atoms with Crippen molar-refractivity contribution in [1.29, 1.82) is 0 Å². The third-order valence-corrected chi connectivity index (χ3v) is 2.20. The first-order valence-corrected chi connectivity index (χ1v) is 5.05. The number of carboxylic acid groups (broad SMARTS) is 1. The van der Waals surface area contributed by atoms with Gasteiger partial charge in [0.1, 0.15) is 6.54 Å². The van der Waals surface area contributed by atoms with Crippen LogP contribution < -0.4 is 11.1 Å². The number of hydrogen-bond acceptors (Lipinski definition) is 3. The molecule has 7 heteroatoms. The summed E-state index contributed by atoms with van der Waals surface area (Å²) in [4.78, 5) is 33.8. The molecule has 1 rings (SSSR count). The molecule has 0 aromatic rings. The van der Waals surface area contributed by atoms with Crippen molar-refractivity contribution < 1.29 is 19.5 Å². The normalized spacial score (nSPS) is 14.2. The van der Waals surface area contributed by atoms with Gasteiger partial charge in [0.2, 0.25) is 5.91 Å². The molecule has 0 atom stereocenters. The number of hydrogen-bond donors (Lipinski definition) is 3. The van der Waals surface area contributed by atoms with Gasteiger partial charge in [-0.2, -0.15) is 0 Å². The molecule has 1 fully saturated rings. The van der Waals surface area contributed by atoms with Gasteiger partial charge in [-0.05, 0) is 12.8 Å². The molecule has 0 aromatic carbocycles. The second-order valence-electron chi connectivity index (χ2n) is 3.70. The third kappa shape index (κ3) is 4.16. The lowest BCUT2D eigenvalue weighted by molar-refractivity contribution is -0.137. The van der Waals surface area contributed by atoms with Crippen LogP contribution in [0.1, 0.15) is 19.3 Å². The quantitative estimate of drug-likeness (QED) is 0.549. The molecule has 0 aliphatic heterocycles. The van der Waals surface area contributed by atoms with Crippen molar-refractivity contribution in [2.24, 2.45) is 5.73 Å². The van der Waals surface area contributed by atoms with Crippen molar-refractivity contribution >= 4 is 17.9 Å². The lowest BCUT2D eigenvalue weighted by Crippen LogP contribution is -2.44. The number of nitrogens with two attached hydrogens (primary N) is 1. The van der Waals surface area contributed by atoms with E-state index in [9.17, 15) is 14.4 Å². The Morgan fingerprint density at radius 2 is 2.00 bits per heavy atom. The van der Waals surface area contributed by atoms with E-state index in [4.69, 9.17) is 10.8 Å². The number of urea groups is 1. The number of carboxylic acids is 1. The Morgan fingerprint density at radius 1 is 1.38 bits per heavy atom. The smallest absolute Gasteiger partial charge is 0.323 e. The zero-order valence-corrected chi connectivity index (χ0v) is 8.81. The van der Waals surface area contributed by atoms with Crippen LogP contribution in [0.25, 0.3) is 0 Å². The van der Waals surface area contributed by atoms with Crippen LogP contribution in [0.4, 0.5) is 4.79 Å². The second kappa shape index (κ2) is 5.34. The molecule has 16 heavy (non-hydrogen) atoms. The van der Waals surface area contributed by atoms with Crippen molar-refractivity contribution in [2.45, 2.75) is 25.3 Å². The van der Waals surface area contributed by atoms with Crippen LogP contribution in [-0.4, -0.2) is 47.0 Å². The van der Waals surface area contributed by atoms with Gasteiger partial charge in [0, 0.05) is 19.0 Å². The van der Waals surface area contributed by atoms with E-state index in [2.05, 4.69) is 5.32 Å². The van der Waals surface area contributed by atoms with Gasteiger partial charge in [-0.3, -0.25) is 9.59 Å². The highest BCUT2D eigenvalue weighted by molar-refractivity contribution is 5.81. The third-order valence-electron chi connectivity index (χ3n) is 2.20. The molecular formula is C9H15N3O4. The van der Waals surface area contributed by atoms with Gasteiger partial charge in [0.15, 0.2) is 0 Å². The second-order valence-corrected chi connectivity index (χ2v) is 3.70. The molecule has 0 aromatic heterocycles. The lowest BCUT2D eigenvalue weighted by Gasteiger charge is -2.20.